The van der Waals surface area contributed by atoms with Crippen LogP contribution in [0.25, 0.3) is 0 Å². The highest BCUT2D eigenvalue weighted by Crippen LogP contribution is 2.36. The van der Waals surface area contributed by atoms with Crippen molar-refractivity contribution in [2.75, 3.05) is 31.4 Å². The molecule has 0 radical (unpaired) electrons. The van der Waals surface area contributed by atoms with Crippen molar-refractivity contribution < 1.29 is 14.3 Å². The summed E-state index contributed by atoms with van der Waals surface area (Å²) in [6, 6.07) is 12.3. The Morgan fingerprint density at radius 2 is 1.59 bits per heavy atom. The van der Waals surface area contributed by atoms with E-state index in [1.807, 2.05) is 13.0 Å². The van der Waals surface area contributed by atoms with E-state index < -0.39 is 0 Å². The van der Waals surface area contributed by atoms with E-state index in [1.54, 1.807) is 43.5 Å². The van der Waals surface area contributed by atoms with Crippen LogP contribution in [0.3, 0.4) is 0 Å². The van der Waals surface area contributed by atoms with Crippen molar-refractivity contribution in [2.45, 2.75) is 6.92 Å². The first-order chi connectivity index (χ1) is 12.9. The highest BCUT2D eigenvalue weighted by Gasteiger charge is 2.15. The van der Waals surface area contributed by atoms with Gasteiger partial charge in [0, 0.05) is 24.2 Å². The molecule has 0 bridgehead atoms. The number of benzene rings is 2. The Morgan fingerprint density at radius 1 is 1.04 bits per heavy atom. The molecule has 6 nitrogen and oxygen atoms in total. The molecule has 142 valence electrons. The van der Waals surface area contributed by atoms with E-state index in [9.17, 15) is 4.79 Å². The first-order valence-electron chi connectivity index (χ1n) is 8.26. The summed E-state index contributed by atoms with van der Waals surface area (Å²) >= 11 is 5.28. The standard InChI is InChI=1S/C20H23N3O3S/c1-13(2)12-21-20(27)23-16-11-17(25-3)15(10-18(16)26-4)22-19(24)14-8-6-5-7-9-14/h5-11H,1,12H2,2-4H3,(H,22,24)(H2,21,23,27). The van der Waals surface area contributed by atoms with Gasteiger partial charge in [0.2, 0.25) is 0 Å². The van der Waals surface area contributed by atoms with Crippen LogP contribution in [-0.4, -0.2) is 31.8 Å². The fraction of sp³-hybridized carbons (Fsp3) is 0.200. The smallest absolute Gasteiger partial charge is 0.255 e. The van der Waals surface area contributed by atoms with Crippen molar-refractivity contribution >= 4 is 34.6 Å². The van der Waals surface area contributed by atoms with Crippen molar-refractivity contribution in [2.24, 2.45) is 0 Å². The highest BCUT2D eigenvalue weighted by atomic mass is 32.1. The third-order valence-electron chi connectivity index (χ3n) is 3.60. The largest absolute Gasteiger partial charge is 0.494 e. The van der Waals surface area contributed by atoms with E-state index in [-0.39, 0.29) is 5.91 Å². The molecule has 2 aromatic carbocycles. The predicted molar refractivity (Wildman–Crippen MR) is 113 cm³/mol. The van der Waals surface area contributed by atoms with Crippen molar-refractivity contribution in [1.82, 2.24) is 5.32 Å². The van der Waals surface area contributed by atoms with Crippen LogP contribution in [0, 0.1) is 0 Å². The number of amides is 1. The Kier molecular flexibility index (Phi) is 7.19. The minimum Gasteiger partial charge on any atom is -0.494 e. The third kappa shape index (κ3) is 5.72. The van der Waals surface area contributed by atoms with Gasteiger partial charge in [-0.05, 0) is 31.3 Å². The lowest BCUT2D eigenvalue weighted by Crippen LogP contribution is -2.29. The minimum absolute atomic E-state index is 0.240. The number of hydrogen-bond donors (Lipinski definition) is 3. The predicted octanol–water partition coefficient (Wildman–Crippen LogP) is 3.82. The summed E-state index contributed by atoms with van der Waals surface area (Å²) in [5, 5.41) is 9.38. The summed E-state index contributed by atoms with van der Waals surface area (Å²) in [5.41, 5.74) is 2.62. The van der Waals surface area contributed by atoms with Gasteiger partial charge in [0.1, 0.15) is 11.5 Å². The summed E-state index contributed by atoms with van der Waals surface area (Å²) < 4.78 is 10.8. The topological polar surface area (TPSA) is 71.6 Å². The van der Waals surface area contributed by atoms with Crippen molar-refractivity contribution in [3.63, 3.8) is 0 Å². The van der Waals surface area contributed by atoms with Gasteiger partial charge in [-0.2, -0.15) is 0 Å². The summed E-state index contributed by atoms with van der Waals surface area (Å²) in [6.07, 6.45) is 0. The lowest BCUT2D eigenvalue weighted by Gasteiger charge is -2.17. The number of methoxy groups -OCH3 is 2. The molecule has 3 N–H and O–H groups in total. The number of hydrogen-bond acceptors (Lipinski definition) is 4. The van der Waals surface area contributed by atoms with Crippen LogP contribution >= 0.6 is 12.2 Å². The number of thiocarbonyl (C=S) groups is 1. The molecule has 0 fully saturated rings. The molecule has 27 heavy (non-hydrogen) atoms. The van der Waals surface area contributed by atoms with Crippen LogP contribution in [0.2, 0.25) is 0 Å². The van der Waals surface area contributed by atoms with Crippen LogP contribution in [-0.2, 0) is 0 Å². The lowest BCUT2D eigenvalue weighted by atomic mass is 10.2. The number of carbonyl (C=O) groups is 1. The average molecular weight is 385 g/mol. The number of rotatable bonds is 7. The molecule has 0 saturated heterocycles. The SMILES string of the molecule is C=C(C)CNC(=S)Nc1cc(OC)c(NC(=O)c2ccccc2)cc1OC. The van der Waals surface area contributed by atoms with Crippen LogP contribution in [0.15, 0.2) is 54.6 Å². The fourth-order valence-electron chi connectivity index (χ4n) is 2.27. The molecule has 0 aliphatic heterocycles. The molecule has 0 unspecified atom stereocenters. The van der Waals surface area contributed by atoms with Gasteiger partial charge in [0.25, 0.3) is 5.91 Å². The van der Waals surface area contributed by atoms with Gasteiger partial charge in [-0.1, -0.05) is 30.4 Å². The minimum atomic E-state index is -0.240. The van der Waals surface area contributed by atoms with Gasteiger partial charge in [-0.3, -0.25) is 4.79 Å². The van der Waals surface area contributed by atoms with E-state index in [0.29, 0.717) is 40.1 Å². The maximum atomic E-state index is 12.4. The van der Waals surface area contributed by atoms with Gasteiger partial charge in [-0.15, -0.1) is 0 Å². The summed E-state index contributed by atoms with van der Waals surface area (Å²) in [6.45, 7) is 6.30. The molecular weight excluding hydrogens is 362 g/mol. The van der Waals surface area contributed by atoms with Crippen LogP contribution in [0.1, 0.15) is 17.3 Å². The Hall–Kier alpha value is -3.06. The molecule has 0 aliphatic carbocycles. The van der Waals surface area contributed by atoms with Gasteiger partial charge < -0.3 is 25.4 Å². The van der Waals surface area contributed by atoms with E-state index in [2.05, 4.69) is 22.5 Å². The van der Waals surface area contributed by atoms with Crippen LogP contribution in [0.5, 0.6) is 11.5 Å². The Labute approximate surface area is 164 Å². The highest BCUT2D eigenvalue weighted by molar-refractivity contribution is 7.80. The molecule has 0 aliphatic rings. The van der Waals surface area contributed by atoms with Gasteiger partial charge in [0.05, 0.1) is 25.6 Å². The molecule has 0 spiro atoms. The number of anilines is 2. The number of ether oxygens (including phenoxy) is 2. The number of carbonyl (C=O) groups excluding carboxylic acids is 1. The second kappa shape index (κ2) is 9.59. The normalized spacial score (nSPS) is 9.89. The van der Waals surface area contributed by atoms with E-state index >= 15 is 0 Å². The fourth-order valence-corrected chi connectivity index (χ4v) is 2.46. The van der Waals surface area contributed by atoms with Crippen molar-refractivity contribution in [3.05, 3.63) is 60.2 Å². The average Bonchev–Trinajstić information content (AvgIpc) is 2.67. The van der Waals surface area contributed by atoms with Crippen molar-refractivity contribution in [1.29, 1.82) is 0 Å². The Morgan fingerprint density at radius 3 is 2.11 bits per heavy atom. The molecular formula is C20H23N3O3S. The molecule has 2 rings (SSSR count). The Bertz CT molecular complexity index is 838. The molecule has 7 heteroatoms. The zero-order valence-electron chi connectivity index (χ0n) is 15.6. The summed E-state index contributed by atoms with van der Waals surface area (Å²) in [7, 11) is 3.07. The third-order valence-corrected chi connectivity index (χ3v) is 3.85. The zero-order valence-corrected chi connectivity index (χ0v) is 16.4. The first kappa shape index (κ1) is 20.3. The first-order valence-corrected chi connectivity index (χ1v) is 8.67. The quantitative estimate of drug-likeness (QED) is 0.497. The maximum absolute atomic E-state index is 12.4. The second-order valence-electron chi connectivity index (χ2n) is 5.84. The van der Waals surface area contributed by atoms with Crippen molar-refractivity contribution in [3.8, 4) is 11.5 Å². The second-order valence-corrected chi connectivity index (χ2v) is 6.25. The van der Waals surface area contributed by atoms with Crippen LogP contribution in [0.4, 0.5) is 11.4 Å². The van der Waals surface area contributed by atoms with Gasteiger partial charge in [0.15, 0.2) is 5.11 Å². The summed E-state index contributed by atoms with van der Waals surface area (Å²) in [4.78, 5) is 12.4. The van der Waals surface area contributed by atoms with E-state index in [1.165, 1.54) is 7.11 Å². The van der Waals surface area contributed by atoms with Gasteiger partial charge in [-0.25, -0.2) is 0 Å². The van der Waals surface area contributed by atoms with Gasteiger partial charge >= 0.3 is 0 Å². The molecule has 0 saturated carbocycles. The van der Waals surface area contributed by atoms with E-state index in [0.717, 1.165) is 5.57 Å². The Balaban J connectivity index is 2.23. The summed E-state index contributed by atoms with van der Waals surface area (Å²) in [5.74, 6) is 0.749. The molecule has 2 aromatic rings. The maximum Gasteiger partial charge on any atom is 0.255 e. The molecule has 1 amide bonds. The molecule has 0 atom stereocenters. The zero-order chi connectivity index (χ0) is 19.8. The monoisotopic (exact) mass is 385 g/mol. The number of nitrogens with one attached hydrogen (secondary N) is 3. The molecule has 0 aromatic heterocycles. The van der Waals surface area contributed by atoms with E-state index in [4.69, 9.17) is 21.7 Å². The molecule has 0 heterocycles. The lowest BCUT2D eigenvalue weighted by molar-refractivity contribution is 0.102. The van der Waals surface area contributed by atoms with Crippen LogP contribution < -0.4 is 25.4 Å².